The number of nitrogens with two attached hydrogens (primary N) is 5. The number of esters is 2. The van der Waals surface area contributed by atoms with Crippen LogP contribution in [0.1, 0.15) is 177 Å². The van der Waals surface area contributed by atoms with E-state index in [2.05, 4.69) is 100 Å². The van der Waals surface area contributed by atoms with Gasteiger partial charge in [0.1, 0.15) is 0 Å². The largest absolute Gasteiger partial charge is 0.394 e. The van der Waals surface area contributed by atoms with E-state index in [0.717, 1.165) is 51.8 Å². The Hall–Kier alpha value is -8.42. The van der Waals surface area contributed by atoms with Gasteiger partial charge in [-0.2, -0.15) is 0 Å². The molecule has 5 aromatic carbocycles. The number of ether oxygens (including phenoxy) is 1. The van der Waals surface area contributed by atoms with E-state index >= 15 is 0 Å². The summed E-state index contributed by atoms with van der Waals surface area (Å²) in [5.41, 5.74) is 27.6. The van der Waals surface area contributed by atoms with Crippen molar-refractivity contribution in [3.63, 3.8) is 0 Å². The molecule has 0 radical (unpaired) electrons. The molecule has 2 aromatic heterocycles. The SMILES string of the molecule is C.CC(=O)NCc1ccc(CCC(=O)c2ccc(C(=O)CN)s2)cc1.CC(=O)NCc1ccc(CCC(=O)c2ccc(C(C)=O)s2)cc1.CC(=O)NCc1ccc(CN)cc1.CC(=O)OC(C)=O.CCc1ccc(CN)cc1.CCc1ccc(CNC(C)=O)cc1.Cl.Cl.NN. The van der Waals surface area contributed by atoms with Crippen molar-refractivity contribution in [2.45, 2.75) is 148 Å². The summed E-state index contributed by atoms with van der Waals surface area (Å²) in [5.74, 6) is 6.69. The summed E-state index contributed by atoms with van der Waals surface area (Å²) in [6.45, 7) is 17.5. The van der Waals surface area contributed by atoms with E-state index in [9.17, 15) is 47.9 Å². The summed E-state index contributed by atoms with van der Waals surface area (Å²) in [7, 11) is 0. The van der Waals surface area contributed by atoms with Crippen LogP contribution in [0.4, 0.5) is 0 Å². The van der Waals surface area contributed by atoms with Crippen LogP contribution in [0.15, 0.2) is 146 Å². The van der Waals surface area contributed by atoms with Crippen molar-refractivity contribution in [1.29, 1.82) is 0 Å². The van der Waals surface area contributed by atoms with Gasteiger partial charge in [0.25, 0.3) is 0 Å². The van der Waals surface area contributed by atoms with E-state index in [0.29, 0.717) is 84.5 Å². The number of carbonyl (C=O) groups is 10. The molecule has 24 heteroatoms. The summed E-state index contributed by atoms with van der Waals surface area (Å²) in [4.78, 5) is 112. The lowest BCUT2D eigenvalue weighted by Crippen LogP contribution is -2.18. The number of carbonyl (C=O) groups excluding carboxylic acids is 10. The minimum absolute atomic E-state index is 0. The highest BCUT2D eigenvalue weighted by Gasteiger charge is 2.14. The van der Waals surface area contributed by atoms with Crippen molar-refractivity contribution < 1.29 is 52.7 Å². The summed E-state index contributed by atoms with van der Waals surface area (Å²) in [6, 6.07) is 47.0. The molecular weight excluding hydrogens is 1290 g/mol. The molecule has 20 nitrogen and oxygen atoms in total. The zero-order valence-corrected chi connectivity index (χ0v) is 58.3. The number of thiophene rings is 2. The molecule has 7 rings (SSSR count). The Morgan fingerprint density at radius 2 is 0.579 bits per heavy atom. The van der Waals surface area contributed by atoms with Crippen LogP contribution >= 0.6 is 47.5 Å². The minimum atomic E-state index is -0.562. The molecule has 0 bridgehead atoms. The average Bonchev–Trinajstić information content (AvgIpc) is 1.79. The highest BCUT2D eigenvalue weighted by molar-refractivity contribution is 7.16. The number of hydrogen-bond donors (Lipinski definition) is 9. The summed E-state index contributed by atoms with van der Waals surface area (Å²) in [6.07, 6.45) is 4.26. The first-order valence-corrected chi connectivity index (χ1v) is 31.3. The smallest absolute Gasteiger partial charge is 0.310 e. The van der Waals surface area contributed by atoms with Crippen molar-refractivity contribution in [2.24, 2.45) is 28.9 Å². The molecular formula is C71H97Cl2N9O11S2. The molecule has 0 aliphatic heterocycles. The van der Waals surface area contributed by atoms with Crippen LogP contribution in [-0.4, -0.2) is 65.2 Å². The van der Waals surface area contributed by atoms with E-state index in [4.69, 9.17) is 17.2 Å². The molecule has 0 spiro atoms. The van der Waals surface area contributed by atoms with Gasteiger partial charge >= 0.3 is 11.9 Å². The first-order chi connectivity index (χ1) is 43.9. The number of aryl methyl sites for hydroxylation is 4. The second-order valence-electron chi connectivity index (χ2n) is 20.3. The summed E-state index contributed by atoms with van der Waals surface area (Å²) in [5, 5.41) is 11.0. The average molecular weight is 1390 g/mol. The molecule has 0 saturated carbocycles. The second kappa shape index (κ2) is 52.9. The fraction of sp³-hybridized carbons (Fsp3) is 0.324. The lowest BCUT2D eigenvalue weighted by Gasteiger charge is -2.04. The third kappa shape index (κ3) is 41.8. The summed E-state index contributed by atoms with van der Waals surface area (Å²) >= 11 is 2.46. The van der Waals surface area contributed by atoms with Crippen LogP contribution in [-0.2, 0) is 98.5 Å². The molecule has 0 atom stereocenters. The fourth-order valence-corrected chi connectivity index (χ4v) is 9.32. The Morgan fingerprint density at radius 3 is 0.789 bits per heavy atom. The molecule has 0 fully saturated rings. The van der Waals surface area contributed by atoms with E-state index in [-0.39, 0.29) is 85.5 Å². The van der Waals surface area contributed by atoms with Gasteiger partial charge in [0.15, 0.2) is 23.1 Å². The Bertz CT molecular complexity index is 3300. The number of benzene rings is 5. The first-order valence-electron chi connectivity index (χ1n) is 29.7. The van der Waals surface area contributed by atoms with Crippen molar-refractivity contribution in [3.8, 4) is 0 Å². The number of halogens is 2. The second-order valence-corrected chi connectivity index (χ2v) is 22.4. The number of amides is 4. The van der Waals surface area contributed by atoms with E-state index in [1.165, 1.54) is 87.8 Å². The number of ketones is 4. The number of nitrogens with one attached hydrogen (secondary N) is 4. The Kier molecular flexibility index (Phi) is 50.5. The van der Waals surface area contributed by atoms with Gasteiger partial charge in [-0.1, -0.05) is 143 Å². The van der Waals surface area contributed by atoms with Gasteiger partial charge in [-0.25, -0.2) is 0 Å². The monoisotopic (exact) mass is 1390 g/mol. The zero-order valence-electron chi connectivity index (χ0n) is 55.1. The third-order valence-electron chi connectivity index (χ3n) is 12.7. The van der Waals surface area contributed by atoms with Gasteiger partial charge < -0.3 is 43.2 Å². The topological polar surface area (TPSA) is 358 Å². The molecule has 518 valence electrons. The predicted molar refractivity (Wildman–Crippen MR) is 386 cm³/mol. The third-order valence-corrected chi connectivity index (χ3v) is 15.1. The maximum absolute atomic E-state index is 12.2. The van der Waals surface area contributed by atoms with Crippen LogP contribution < -0.4 is 50.2 Å². The molecule has 0 unspecified atom stereocenters. The first kappa shape index (κ1) is 90.8. The van der Waals surface area contributed by atoms with Gasteiger partial charge in [0.05, 0.1) is 26.1 Å². The molecule has 7 aromatic rings. The lowest BCUT2D eigenvalue weighted by molar-refractivity contribution is -0.156. The molecule has 14 N–H and O–H groups in total. The van der Waals surface area contributed by atoms with Crippen molar-refractivity contribution in [1.82, 2.24) is 21.3 Å². The Labute approximate surface area is 580 Å². The van der Waals surface area contributed by atoms with Crippen LogP contribution in [0, 0.1) is 0 Å². The standard InChI is InChI=1S/C18H20N2O3S.C18H19NO3S.C11H15NO.C10H14N2O.C9H13N.C4H6O3.CH4.2ClH.H4N2/c1-12(21)20-11-14-4-2-13(3-5-14)6-7-15(22)17-8-9-18(24-17)16(23)10-19;1-12(20)17-9-10-18(23-17)16(22)8-7-14-3-5-15(6-4-14)11-19-13(2)21;1-3-10-4-6-11(7-5-10)8-12-9(2)13;1-8(13)12-7-10-4-2-9(6-11)3-5-10;1-2-8-3-5-9(7-10)6-4-8;1-3(5)7-4(2)6;;;;1-2/h2-5,8-9H,6-7,10-11,19H2,1H3,(H,20,21);3-6,9-10H,7-8,11H2,1-2H3,(H,19,21);4-7H,3,8H2,1-2H3,(H,12,13);2-5H,6-7,11H2,1H3,(H,12,13);3-6H,2,7,10H2,1H3;1-2H3;1H4;2*1H;1-2H2. The zero-order chi connectivity index (χ0) is 69.0. The maximum atomic E-state index is 12.2. The molecule has 0 saturated heterocycles. The fourth-order valence-electron chi connectivity index (χ4n) is 7.53. The van der Waals surface area contributed by atoms with Gasteiger partial charge in [-0.05, 0) is 113 Å². The number of hydrogen-bond acceptors (Lipinski definition) is 18. The Morgan fingerprint density at radius 1 is 0.347 bits per heavy atom. The molecule has 0 aliphatic carbocycles. The number of rotatable bonds is 23. The van der Waals surface area contributed by atoms with Gasteiger partial charge in [-0.3, -0.25) is 59.6 Å². The van der Waals surface area contributed by atoms with Crippen molar-refractivity contribution in [2.75, 3.05) is 6.54 Å². The number of hydrazine groups is 1. The summed E-state index contributed by atoms with van der Waals surface area (Å²) < 4.78 is 3.97. The minimum Gasteiger partial charge on any atom is -0.394 e. The maximum Gasteiger partial charge on any atom is 0.310 e. The van der Waals surface area contributed by atoms with E-state index < -0.39 is 11.9 Å². The lowest BCUT2D eigenvalue weighted by atomic mass is 10.0. The highest BCUT2D eigenvalue weighted by atomic mass is 35.5. The van der Waals surface area contributed by atoms with Crippen molar-refractivity contribution in [3.05, 3.63) is 221 Å². The quantitative estimate of drug-likeness (QED) is 0.00945. The number of Topliss-reactive ketones (excluding diaryl/α,β-unsaturated/α-hetero) is 4. The van der Waals surface area contributed by atoms with Crippen LogP contribution in [0.2, 0.25) is 0 Å². The van der Waals surface area contributed by atoms with Gasteiger partial charge in [-0.15, -0.1) is 47.5 Å². The van der Waals surface area contributed by atoms with Gasteiger partial charge in [0, 0.05) is 93.7 Å². The molecule has 0 aliphatic rings. The molecule has 2 heterocycles. The van der Waals surface area contributed by atoms with Crippen LogP contribution in [0.25, 0.3) is 0 Å². The van der Waals surface area contributed by atoms with Crippen molar-refractivity contribution >= 4 is 106 Å². The predicted octanol–water partition coefficient (Wildman–Crippen LogP) is 10.5. The van der Waals surface area contributed by atoms with Crippen LogP contribution in [0.5, 0.6) is 0 Å². The van der Waals surface area contributed by atoms with Gasteiger partial charge in [0.2, 0.25) is 23.6 Å². The molecule has 4 amide bonds. The van der Waals surface area contributed by atoms with Crippen LogP contribution in [0.3, 0.4) is 0 Å². The normalized spacial score (nSPS) is 9.45. The highest BCUT2D eigenvalue weighted by Crippen LogP contribution is 2.21. The van der Waals surface area contributed by atoms with E-state index in [1.807, 2.05) is 72.8 Å². The molecule has 95 heavy (non-hydrogen) atoms. The Balaban J connectivity index is -0.00000110. The van der Waals surface area contributed by atoms with E-state index in [1.54, 1.807) is 24.3 Å².